The highest BCUT2D eigenvalue weighted by atomic mass is 16.2. The zero-order valence-electron chi connectivity index (χ0n) is 11.5. The lowest BCUT2D eigenvalue weighted by molar-refractivity contribution is 0.0728. The number of nitriles is 1. The van der Waals surface area contributed by atoms with Crippen LogP contribution in [0.2, 0.25) is 0 Å². The molecule has 3 nitrogen and oxygen atoms in total. The van der Waals surface area contributed by atoms with Crippen LogP contribution in [-0.4, -0.2) is 23.9 Å². The summed E-state index contributed by atoms with van der Waals surface area (Å²) in [4.78, 5) is 14.0. The van der Waals surface area contributed by atoms with Gasteiger partial charge in [0, 0.05) is 18.7 Å². The summed E-state index contributed by atoms with van der Waals surface area (Å²) in [5.41, 5.74) is 1.21. The standard InChI is InChI=1S/C15H20N2O/c1-11(2)9-12(3)17(4)15(18)14-7-5-13(10-16)6-8-14/h5-8,11-12H,9H2,1-4H3. The molecular formula is C15H20N2O. The van der Waals surface area contributed by atoms with Crippen molar-refractivity contribution in [3.63, 3.8) is 0 Å². The summed E-state index contributed by atoms with van der Waals surface area (Å²) in [6, 6.07) is 9.03. The van der Waals surface area contributed by atoms with Crippen molar-refractivity contribution >= 4 is 5.91 Å². The predicted molar refractivity (Wildman–Crippen MR) is 72.2 cm³/mol. The van der Waals surface area contributed by atoms with E-state index < -0.39 is 0 Å². The number of carbonyl (C=O) groups excluding carboxylic acids is 1. The fraction of sp³-hybridized carbons (Fsp3) is 0.467. The van der Waals surface area contributed by atoms with Crippen LogP contribution < -0.4 is 0 Å². The lowest BCUT2D eigenvalue weighted by Crippen LogP contribution is -2.35. The van der Waals surface area contributed by atoms with Crippen LogP contribution in [0.4, 0.5) is 0 Å². The van der Waals surface area contributed by atoms with Crippen molar-refractivity contribution in [1.29, 1.82) is 5.26 Å². The highest BCUT2D eigenvalue weighted by Crippen LogP contribution is 2.13. The van der Waals surface area contributed by atoms with E-state index in [9.17, 15) is 4.79 Å². The summed E-state index contributed by atoms with van der Waals surface area (Å²) < 4.78 is 0. The van der Waals surface area contributed by atoms with E-state index in [0.717, 1.165) is 6.42 Å². The quantitative estimate of drug-likeness (QED) is 0.817. The first-order valence-electron chi connectivity index (χ1n) is 6.23. The second kappa shape index (κ2) is 6.20. The third-order valence-electron chi connectivity index (χ3n) is 3.05. The van der Waals surface area contributed by atoms with E-state index in [0.29, 0.717) is 17.0 Å². The lowest BCUT2D eigenvalue weighted by Gasteiger charge is -2.26. The van der Waals surface area contributed by atoms with E-state index in [1.54, 1.807) is 29.2 Å². The summed E-state index contributed by atoms with van der Waals surface area (Å²) in [5, 5.41) is 8.72. The molecule has 0 aliphatic carbocycles. The highest BCUT2D eigenvalue weighted by molar-refractivity contribution is 5.94. The van der Waals surface area contributed by atoms with Gasteiger partial charge in [0.25, 0.3) is 5.91 Å². The van der Waals surface area contributed by atoms with Crippen LogP contribution in [0, 0.1) is 17.2 Å². The molecule has 0 aliphatic rings. The zero-order chi connectivity index (χ0) is 13.7. The number of hydrogen-bond acceptors (Lipinski definition) is 2. The van der Waals surface area contributed by atoms with Crippen LogP contribution in [0.25, 0.3) is 0 Å². The Morgan fingerprint density at radius 2 is 1.83 bits per heavy atom. The van der Waals surface area contributed by atoms with Crippen molar-refractivity contribution in [2.24, 2.45) is 5.92 Å². The molecule has 0 fully saturated rings. The van der Waals surface area contributed by atoms with Crippen molar-refractivity contribution in [3.8, 4) is 6.07 Å². The summed E-state index contributed by atoms with van der Waals surface area (Å²) in [6.45, 7) is 6.36. The molecular weight excluding hydrogens is 224 g/mol. The maximum atomic E-state index is 12.2. The van der Waals surface area contributed by atoms with Crippen LogP contribution >= 0.6 is 0 Å². The van der Waals surface area contributed by atoms with Crippen LogP contribution in [0.5, 0.6) is 0 Å². The van der Waals surface area contributed by atoms with Crippen LogP contribution in [0.15, 0.2) is 24.3 Å². The molecule has 18 heavy (non-hydrogen) atoms. The number of rotatable bonds is 4. The molecule has 0 saturated heterocycles. The fourth-order valence-electron chi connectivity index (χ4n) is 1.93. The molecule has 0 saturated carbocycles. The molecule has 0 aromatic heterocycles. The van der Waals surface area contributed by atoms with Gasteiger partial charge in [0.05, 0.1) is 11.6 Å². The van der Waals surface area contributed by atoms with Crippen LogP contribution in [-0.2, 0) is 0 Å². The maximum Gasteiger partial charge on any atom is 0.253 e. The van der Waals surface area contributed by atoms with Gasteiger partial charge in [-0.3, -0.25) is 4.79 Å². The van der Waals surface area contributed by atoms with Gasteiger partial charge in [0.15, 0.2) is 0 Å². The van der Waals surface area contributed by atoms with Gasteiger partial charge in [-0.15, -0.1) is 0 Å². The molecule has 0 aliphatic heterocycles. The minimum Gasteiger partial charge on any atom is -0.339 e. The van der Waals surface area contributed by atoms with Gasteiger partial charge < -0.3 is 4.90 Å². The average Bonchev–Trinajstić information content (AvgIpc) is 2.36. The SMILES string of the molecule is CC(C)CC(C)N(C)C(=O)c1ccc(C#N)cc1. The summed E-state index contributed by atoms with van der Waals surface area (Å²) >= 11 is 0. The van der Waals surface area contributed by atoms with E-state index in [1.165, 1.54) is 0 Å². The Balaban J connectivity index is 2.77. The minimum absolute atomic E-state index is 0.00707. The zero-order valence-corrected chi connectivity index (χ0v) is 11.5. The molecule has 0 radical (unpaired) electrons. The summed E-state index contributed by atoms with van der Waals surface area (Å²) in [6.07, 6.45) is 0.985. The number of nitrogens with zero attached hydrogens (tertiary/aromatic N) is 2. The summed E-state index contributed by atoms with van der Waals surface area (Å²) in [7, 11) is 1.83. The van der Waals surface area contributed by atoms with Gasteiger partial charge in [-0.05, 0) is 43.5 Å². The van der Waals surface area contributed by atoms with Gasteiger partial charge >= 0.3 is 0 Å². The second-order valence-corrected chi connectivity index (χ2v) is 5.08. The van der Waals surface area contributed by atoms with Gasteiger partial charge in [-0.25, -0.2) is 0 Å². The molecule has 1 aromatic carbocycles. The van der Waals surface area contributed by atoms with E-state index in [2.05, 4.69) is 20.8 Å². The Labute approximate surface area is 109 Å². The first kappa shape index (κ1) is 14.2. The Hall–Kier alpha value is -1.82. The number of benzene rings is 1. The first-order chi connectivity index (χ1) is 8.45. The van der Waals surface area contributed by atoms with E-state index in [1.807, 2.05) is 13.1 Å². The Morgan fingerprint density at radius 3 is 2.28 bits per heavy atom. The first-order valence-corrected chi connectivity index (χ1v) is 6.23. The second-order valence-electron chi connectivity index (χ2n) is 5.08. The van der Waals surface area contributed by atoms with Crippen molar-refractivity contribution in [2.75, 3.05) is 7.05 Å². The lowest BCUT2D eigenvalue weighted by atomic mass is 10.0. The predicted octanol–water partition coefficient (Wildman–Crippen LogP) is 3.06. The smallest absolute Gasteiger partial charge is 0.253 e. The monoisotopic (exact) mass is 244 g/mol. The topological polar surface area (TPSA) is 44.1 Å². The molecule has 1 atom stereocenters. The molecule has 3 heteroatoms. The van der Waals surface area contributed by atoms with Crippen LogP contribution in [0.1, 0.15) is 43.1 Å². The number of carbonyl (C=O) groups is 1. The molecule has 0 bridgehead atoms. The molecule has 0 spiro atoms. The van der Waals surface area contributed by atoms with E-state index >= 15 is 0 Å². The summed E-state index contributed by atoms with van der Waals surface area (Å²) in [5.74, 6) is 0.573. The van der Waals surface area contributed by atoms with Crippen molar-refractivity contribution in [3.05, 3.63) is 35.4 Å². The van der Waals surface area contributed by atoms with E-state index in [-0.39, 0.29) is 11.9 Å². The Morgan fingerprint density at radius 1 is 1.28 bits per heavy atom. The van der Waals surface area contributed by atoms with Gasteiger partial charge in [-0.1, -0.05) is 13.8 Å². The number of amides is 1. The highest BCUT2D eigenvalue weighted by Gasteiger charge is 2.18. The molecule has 1 unspecified atom stereocenters. The van der Waals surface area contributed by atoms with Gasteiger partial charge in [-0.2, -0.15) is 5.26 Å². The molecule has 0 heterocycles. The molecule has 96 valence electrons. The van der Waals surface area contributed by atoms with Crippen molar-refractivity contribution in [2.45, 2.75) is 33.2 Å². The molecule has 1 rings (SSSR count). The number of hydrogen-bond donors (Lipinski definition) is 0. The van der Waals surface area contributed by atoms with E-state index in [4.69, 9.17) is 5.26 Å². The molecule has 1 aromatic rings. The third-order valence-corrected chi connectivity index (χ3v) is 3.05. The average molecular weight is 244 g/mol. The Bertz CT molecular complexity index is 443. The normalized spacial score (nSPS) is 12.0. The van der Waals surface area contributed by atoms with Gasteiger partial charge in [0.1, 0.15) is 0 Å². The fourth-order valence-corrected chi connectivity index (χ4v) is 1.93. The molecule has 0 N–H and O–H groups in total. The minimum atomic E-state index is 0.00707. The Kier molecular flexibility index (Phi) is 4.91. The van der Waals surface area contributed by atoms with Crippen LogP contribution in [0.3, 0.4) is 0 Å². The largest absolute Gasteiger partial charge is 0.339 e. The van der Waals surface area contributed by atoms with Gasteiger partial charge in [0.2, 0.25) is 0 Å². The third kappa shape index (κ3) is 3.59. The van der Waals surface area contributed by atoms with Crippen molar-refractivity contribution in [1.82, 2.24) is 4.90 Å². The van der Waals surface area contributed by atoms with Crippen molar-refractivity contribution < 1.29 is 4.79 Å². The maximum absolute atomic E-state index is 12.2. The molecule has 1 amide bonds.